The summed E-state index contributed by atoms with van der Waals surface area (Å²) >= 11 is 0. The number of nitrogens with zero attached hydrogens (tertiary/aromatic N) is 3. The summed E-state index contributed by atoms with van der Waals surface area (Å²) in [6.45, 7) is 2.46. The van der Waals surface area contributed by atoms with E-state index in [2.05, 4.69) is 4.90 Å². The van der Waals surface area contributed by atoms with E-state index in [-0.39, 0.29) is 24.0 Å². The number of anilines is 1. The molecule has 2 heterocycles. The normalized spacial score (nSPS) is 25.4. The highest BCUT2D eigenvalue weighted by Crippen LogP contribution is 2.33. The first kappa shape index (κ1) is 16.0. The van der Waals surface area contributed by atoms with Gasteiger partial charge in [0.2, 0.25) is 11.8 Å². The van der Waals surface area contributed by atoms with Gasteiger partial charge >= 0.3 is 0 Å². The lowest BCUT2D eigenvalue weighted by atomic mass is 9.92. The first-order chi connectivity index (χ1) is 11.1. The van der Waals surface area contributed by atoms with E-state index >= 15 is 0 Å². The molecule has 3 rings (SSSR count). The van der Waals surface area contributed by atoms with Gasteiger partial charge < -0.3 is 14.5 Å². The fourth-order valence-corrected chi connectivity index (χ4v) is 3.53. The molecule has 2 saturated heterocycles. The summed E-state index contributed by atoms with van der Waals surface area (Å²) in [5.74, 6) is 0.118. The molecule has 2 aliphatic heterocycles. The van der Waals surface area contributed by atoms with Crippen LogP contribution in [0.3, 0.4) is 0 Å². The number of carbonyl (C=O) groups is 2. The minimum atomic E-state index is -0.173. The molecule has 1 spiro atoms. The molecule has 0 N–H and O–H groups in total. The Kier molecular flexibility index (Phi) is 4.37. The third-order valence-electron chi connectivity index (χ3n) is 4.96. The Labute approximate surface area is 136 Å². The van der Waals surface area contributed by atoms with Crippen LogP contribution in [0.1, 0.15) is 6.42 Å². The van der Waals surface area contributed by atoms with Crippen LogP contribution in [0.4, 0.5) is 5.69 Å². The molecule has 2 amide bonds. The van der Waals surface area contributed by atoms with Crippen molar-refractivity contribution in [1.29, 1.82) is 0 Å². The van der Waals surface area contributed by atoms with Gasteiger partial charge in [-0.05, 0) is 25.6 Å². The summed E-state index contributed by atoms with van der Waals surface area (Å²) in [5.41, 5.74) is 0.749. The number of methoxy groups -OCH3 is 1. The zero-order chi connectivity index (χ0) is 16.4. The highest BCUT2D eigenvalue weighted by atomic mass is 16.5. The molecule has 6 nitrogen and oxygen atoms in total. The van der Waals surface area contributed by atoms with Gasteiger partial charge in [0.25, 0.3) is 0 Å². The van der Waals surface area contributed by atoms with Crippen molar-refractivity contribution in [3.05, 3.63) is 30.3 Å². The minimum absolute atomic E-state index is 0.0148. The molecule has 1 atom stereocenters. The minimum Gasteiger partial charge on any atom is -0.375 e. The molecular formula is C17H23N3O3. The molecule has 0 bridgehead atoms. The Morgan fingerprint density at radius 1 is 1.26 bits per heavy atom. The van der Waals surface area contributed by atoms with E-state index in [1.165, 1.54) is 7.11 Å². The Hall–Kier alpha value is -1.92. The fraction of sp³-hybridized carbons (Fsp3) is 0.529. The van der Waals surface area contributed by atoms with Crippen LogP contribution in [-0.4, -0.2) is 74.1 Å². The predicted molar refractivity (Wildman–Crippen MR) is 87.2 cm³/mol. The van der Waals surface area contributed by atoms with E-state index in [0.29, 0.717) is 26.2 Å². The molecule has 2 aliphatic rings. The van der Waals surface area contributed by atoms with Crippen LogP contribution in [0, 0.1) is 0 Å². The Balaban J connectivity index is 1.80. The van der Waals surface area contributed by atoms with Crippen molar-refractivity contribution in [2.24, 2.45) is 0 Å². The monoisotopic (exact) mass is 317 g/mol. The third-order valence-corrected chi connectivity index (χ3v) is 4.96. The van der Waals surface area contributed by atoms with Gasteiger partial charge in [-0.25, -0.2) is 0 Å². The molecule has 2 fully saturated rings. The van der Waals surface area contributed by atoms with Crippen molar-refractivity contribution >= 4 is 17.5 Å². The number of benzene rings is 1. The number of likely N-dealkylation sites (N-methyl/N-ethyl adjacent to an activating group) is 1. The fourth-order valence-electron chi connectivity index (χ4n) is 3.53. The molecular weight excluding hydrogens is 294 g/mol. The van der Waals surface area contributed by atoms with E-state index in [1.807, 2.05) is 47.2 Å². The summed E-state index contributed by atoms with van der Waals surface area (Å²) in [5, 5.41) is 0. The molecule has 1 aromatic rings. The van der Waals surface area contributed by atoms with Gasteiger partial charge in [0.05, 0.1) is 12.1 Å². The van der Waals surface area contributed by atoms with Crippen molar-refractivity contribution in [2.75, 3.05) is 51.8 Å². The van der Waals surface area contributed by atoms with Gasteiger partial charge in [0.15, 0.2) is 0 Å². The maximum absolute atomic E-state index is 12.4. The summed E-state index contributed by atoms with van der Waals surface area (Å²) in [6, 6.07) is 9.74. The van der Waals surface area contributed by atoms with Crippen molar-refractivity contribution < 1.29 is 14.3 Å². The maximum atomic E-state index is 12.4. The van der Waals surface area contributed by atoms with E-state index in [4.69, 9.17) is 4.74 Å². The van der Waals surface area contributed by atoms with Crippen molar-refractivity contribution in [3.8, 4) is 0 Å². The quantitative estimate of drug-likeness (QED) is 0.818. The second kappa shape index (κ2) is 6.29. The zero-order valence-corrected chi connectivity index (χ0v) is 13.7. The topological polar surface area (TPSA) is 53.1 Å². The van der Waals surface area contributed by atoms with Crippen LogP contribution in [0.2, 0.25) is 0 Å². The van der Waals surface area contributed by atoms with Gasteiger partial charge in [-0.15, -0.1) is 0 Å². The second-order valence-corrected chi connectivity index (χ2v) is 6.39. The lowest BCUT2D eigenvalue weighted by molar-refractivity contribution is -0.134. The van der Waals surface area contributed by atoms with E-state index in [9.17, 15) is 9.59 Å². The number of carbonyl (C=O) groups excluding carboxylic acids is 2. The summed E-state index contributed by atoms with van der Waals surface area (Å²) in [6.07, 6.45) is 0.871. The predicted octanol–water partition coefficient (Wildman–Crippen LogP) is 0.583. The largest absolute Gasteiger partial charge is 0.375 e. The number of piperazine rings is 1. The molecule has 0 aliphatic carbocycles. The average molecular weight is 317 g/mol. The zero-order valence-electron chi connectivity index (χ0n) is 13.7. The summed E-state index contributed by atoms with van der Waals surface area (Å²) in [7, 11) is 3.51. The van der Waals surface area contributed by atoms with Gasteiger partial charge in [0.1, 0.15) is 6.61 Å². The van der Waals surface area contributed by atoms with E-state index < -0.39 is 0 Å². The smallest absolute Gasteiger partial charge is 0.248 e. The Morgan fingerprint density at radius 2 is 2.00 bits per heavy atom. The molecule has 23 heavy (non-hydrogen) atoms. The lowest BCUT2D eigenvalue weighted by Gasteiger charge is -2.46. The van der Waals surface area contributed by atoms with Gasteiger partial charge in [0, 0.05) is 32.4 Å². The van der Waals surface area contributed by atoms with Crippen molar-refractivity contribution in [2.45, 2.75) is 12.0 Å². The van der Waals surface area contributed by atoms with Crippen LogP contribution in [0.15, 0.2) is 30.3 Å². The number of rotatable bonds is 3. The molecule has 0 radical (unpaired) electrons. The molecule has 0 aromatic heterocycles. The summed E-state index contributed by atoms with van der Waals surface area (Å²) in [4.78, 5) is 30.3. The van der Waals surface area contributed by atoms with Crippen LogP contribution >= 0.6 is 0 Å². The molecule has 124 valence electrons. The average Bonchev–Trinajstić information content (AvgIpc) is 2.98. The number of amides is 2. The molecule has 0 saturated carbocycles. The van der Waals surface area contributed by atoms with Crippen molar-refractivity contribution in [3.63, 3.8) is 0 Å². The van der Waals surface area contributed by atoms with Crippen LogP contribution in [-0.2, 0) is 14.3 Å². The number of hydrogen-bond acceptors (Lipinski definition) is 4. The SMILES string of the molecule is COCC(=O)N1CC[C@]2(C1)CN(c1ccccc1)C(=O)CN2C. The Morgan fingerprint density at radius 3 is 2.70 bits per heavy atom. The number of para-hydroxylation sites is 1. The highest BCUT2D eigenvalue weighted by Gasteiger charge is 2.48. The van der Waals surface area contributed by atoms with Gasteiger partial charge in [-0.1, -0.05) is 18.2 Å². The Bertz CT molecular complexity index is 592. The third kappa shape index (κ3) is 2.96. The van der Waals surface area contributed by atoms with Crippen LogP contribution < -0.4 is 4.90 Å². The first-order valence-electron chi connectivity index (χ1n) is 7.89. The van der Waals surface area contributed by atoms with Gasteiger partial charge in [-0.3, -0.25) is 14.5 Å². The van der Waals surface area contributed by atoms with Crippen LogP contribution in [0.5, 0.6) is 0 Å². The second-order valence-electron chi connectivity index (χ2n) is 6.39. The van der Waals surface area contributed by atoms with Crippen LogP contribution in [0.25, 0.3) is 0 Å². The standard InChI is InChI=1S/C17H23N3O3/c1-18-10-15(21)20(14-6-4-3-5-7-14)13-17(18)8-9-19(12-17)16(22)11-23-2/h3-7H,8-13H2,1-2H3/t17-/m0/s1. The first-order valence-corrected chi connectivity index (χ1v) is 7.89. The lowest BCUT2D eigenvalue weighted by Crippen LogP contribution is -2.64. The highest BCUT2D eigenvalue weighted by molar-refractivity contribution is 5.96. The number of likely N-dealkylation sites (tertiary alicyclic amines) is 1. The number of ether oxygens (including phenoxy) is 1. The molecule has 6 heteroatoms. The number of hydrogen-bond donors (Lipinski definition) is 0. The van der Waals surface area contributed by atoms with Crippen molar-refractivity contribution in [1.82, 2.24) is 9.80 Å². The van der Waals surface area contributed by atoms with E-state index in [1.54, 1.807) is 0 Å². The van der Waals surface area contributed by atoms with Gasteiger partial charge in [-0.2, -0.15) is 0 Å². The maximum Gasteiger partial charge on any atom is 0.248 e. The molecule has 0 unspecified atom stereocenters. The summed E-state index contributed by atoms with van der Waals surface area (Å²) < 4.78 is 4.96. The molecule has 1 aromatic carbocycles. The van der Waals surface area contributed by atoms with E-state index in [0.717, 1.165) is 12.1 Å².